The van der Waals surface area contributed by atoms with Crippen molar-refractivity contribution in [3.63, 3.8) is 0 Å². The summed E-state index contributed by atoms with van der Waals surface area (Å²) in [7, 11) is 1.84. The lowest BCUT2D eigenvalue weighted by atomic mass is 10.1. The van der Waals surface area contributed by atoms with Crippen molar-refractivity contribution in [2.24, 2.45) is 0 Å². The molecule has 1 fully saturated rings. The van der Waals surface area contributed by atoms with Crippen molar-refractivity contribution >= 4 is 6.09 Å². The number of benzene rings is 2. The molecule has 0 radical (unpaired) electrons. The molecule has 1 aliphatic rings. The molecule has 2 aromatic rings. The molecule has 3 rings (SSSR count). The number of rotatable bonds is 6. The summed E-state index contributed by atoms with van der Waals surface area (Å²) in [5.41, 5.74) is 0.354. The van der Waals surface area contributed by atoms with Crippen LogP contribution in [-0.4, -0.2) is 53.0 Å². The molecule has 0 aromatic heterocycles. The second-order valence-corrected chi connectivity index (χ2v) is 9.10. The summed E-state index contributed by atoms with van der Waals surface area (Å²) in [6.45, 7) is 5.81. The molecular formula is C24H30F2N2O4. The third-order valence-corrected chi connectivity index (χ3v) is 5.29. The van der Waals surface area contributed by atoms with Gasteiger partial charge >= 0.3 is 6.09 Å². The first kappa shape index (κ1) is 23.9. The Labute approximate surface area is 187 Å². The maximum absolute atomic E-state index is 14.1. The Bertz CT molecular complexity index is 920. The first-order valence-corrected chi connectivity index (χ1v) is 10.6. The quantitative estimate of drug-likeness (QED) is 0.702. The Morgan fingerprint density at radius 3 is 2.50 bits per heavy atom. The first-order valence-electron chi connectivity index (χ1n) is 10.6. The third kappa shape index (κ3) is 6.17. The Morgan fingerprint density at radius 2 is 1.88 bits per heavy atom. The predicted molar refractivity (Wildman–Crippen MR) is 116 cm³/mol. The van der Waals surface area contributed by atoms with Gasteiger partial charge in [-0.3, -0.25) is 4.90 Å². The molecule has 6 nitrogen and oxygen atoms in total. The maximum Gasteiger partial charge on any atom is 0.407 e. The number of carbonyl (C=O) groups is 1. The minimum absolute atomic E-state index is 0.155. The summed E-state index contributed by atoms with van der Waals surface area (Å²) in [4.78, 5) is 14.4. The van der Waals surface area contributed by atoms with Gasteiger partial charge in [-0.1, -0.05) is 30.3 Å². The second-order valence-electron chi connectivity index (χ2n) is 9.10. The zero-order valence-corrected chi connectivity index (χ0v) is 18.7. The molecule has 2 N–H and O–H groups in total. The topological polar surface area (TPSA) is 71.0 Å². The van der Waals surface area contributed by atoms with Crippen LogP contribution in [0, 0.1) is 11.6 Å². The van der Waals surface area contributed by atoms with Crippen molar-refractivity contribution in [3.05, 3.63) is 65.7 Å². The van der Waals surface area contributed by atoms with E-state index in [4.69, 9.17) is 9.47 Å². The van der Waals surface area contributed by atoms with E-state index in [1.54, 1.807) is 20.8 Å². The fraction of sp³-hybridized carbons (Fsp3) is 0.458. The number of hydrogen-bond donors (Lipinski definition) is 2. The Morgan fingerprint density at radius 1 is 1.19 bits per heavy atom. The molecule has 0 saturated heterocycles. The largest absolute Gasteiger partial charge is 0.485 e. The Balaban J connectivity index is 1.79. The van der Waals surface area contributed by atoms with E-state index in [0.29, 0.717) is 6.54 Å². The summed E-state index contributed by atoms with van der Waals surface area (Å²) < 4.78 is 38.4. The van der Waals surface area contributed by atoms with Crippen molar-refractivity contribution in [2.75, 3.05) is 7.05 Å². The number of halogens is 2. The Kier molecular flexibility index (Phi) is 7.36. The van der Waals surface area contributed by atoms with Crippen molar-refractivity contribution < 1.29 is 28.2 Å². The average molecular weight is 449 g/mol. The van der Waals surface area contributed by atoms with Gasteiger partial charge in [-0.2, -0.15) is 0 Å². The van der Waals surface area contributed by atoms with Gasteiger partial charge in [0.1, 0.15) is 23.6 Å². The lowest BCUT2D eigenvalue weighted by Gasteiger charge is -2.32. The number of likely N-dealkylation sites (N-methyl/N-ethyl adjacent to an activating group) is 1. The molecule has 32 heavy (non-hydrogen) atoms. The van der Waals surface area contributed by atoms with Gasteiger partial charge < -0.3 is 19.9 Å². The van der Waals surface area contributed by atoms with Gasteiger partial charge in [0, 0.05) is 19.0 Å². The molecule has 0 spiro atoms. The number of hydrogen-bond acceptors (Lipinski definition) is 5. The highest BCUT2D eigenvalue weighted by molar-refractivity contribution is 5.68. The van der Waals surface area contributed by atoms with E-state index >= 15 is 0 Å². The third-order valence-electron chi connectivity index (χ3n) is 5.29. The smallest absolute Gasteiger partial charge is 0.407 e. The van der Waals surface area contributed by atoms with Gasteiger partial charge in [-0.15, -0.1) is 0 Å². The molecule has 1 saturated carbocycles. The molecule has 1 aliphatic carbocycles. The fourth-order valence-corrected chi connectivity index (χ4v) is 3.99. The zero-order valence-electron chi connectivity index (χ0n) is 18.7. The molecule has 174 valence electrons. The summed E-state index contributed by atoms with van der Waals surface area (Å²) in [6.07, 6.45) is -2.23. The molecule has 0 heterocycles. The standard InChI is InChI=1S/C24H30F2N2O4/c1-24(2,3)32-23(30)27-18-13-20(31-19-11-10-16(25)12-17(19)26)22(29)21(18)28(4)14-15-8-6-5-7-9-15/h5-12,18,20-22,29H,13-14H2,1-4H3,(H,27,30)/t18-,20-,21+,22+/m1/s1. The molecule has 8 heteroatoms. The van der Waals surface area contributed by atoms with Gasteiger partial charge in [-0.05, 0) is 45.5 Å². The summed E-state index contributed by atoms with van der Waals surface area (Å²) in [6, 6.07) is 11.7. The van der Waals surface area contributed by atoms with E-state index in [0.717, 1.165) is 17.7 Å². The number of nitrogens with one attached hydrogen (secondary N) is 1. The maximum atomic E-state index is 14.1. The van der Waals surface area contributed by atoms with E-state index < -0.39 is 47.6 Å². The summed E-state index contributed by atoms with van der Waals surface area (Å²) >= 11 is 0. The minimum atomic E-state index is -1.03. The molecule has 1 amide bonds. The van der Waals surface area contributed by atoms with Crippen LogP contribution in [0.5, 0.6) is 5.75 Å². The van der Waals surface area contributed by atoms with Crippen LogP contribution in [0.4, 0.5) is 13.6 Å². The zero-order chi connectivity index (χ0) is 23.5. The van der Waals surface area contributed by atoms with E-state index in [9.17, 15) is 18.7 Å². The van der Waals surface area contributed by atoms with Crippen LogP contribution in [0.2, 0.25) is 0 Å². The summed E-state index contributed by atoms with van der Waals surface area (Å²) in [5.74, 6) is -1.72. The highest BCUT2D eigenvalue weighted by Crippen LogP contribution is 2.31. The average Bonchev–Trinajstić information content (AvgIpc) is 2.98. The number of aliphatic hydroxyl groups is 1. The lowest BCUT2D eigenvalue weighted by Crippen LogP contribution is -2.52. The SMILES string of the molecule is CN(Cc1ccccc1)[C@@H]1[C@@H](O)[C@H](Oc2ccc(F)cc2F)C[C@H]1NC(=O)OC(C)(C)C. The van der Waals surface area contributed by atoms with Gasteiger partial charge in [-0.25, -0.2) is 13.6 Å². The van der Waals surface area contributed by atoms with Crippen LogP contribution < -0.4 is 10.1 Å². The van der Waals surface area contributed by atoms with Crippen LogP contribution in [0.25, 0.3) is 0 Å². The van der Waals surface area contributed by atoms with Gasteiger partial charge in [0.15, 0.2) is 11.6 Å². The van der Waals surface area contributed by atoms with Gasteiger partial charge in [0.05, 0.1) is 12.1 Å². The van der Waals surface area contributed by atoms with Crippen LogP contribution in [0.1, 0.15) is 32.8 Å². The number of amides is 1. The van der Waals surface area contributed by atoms with Gasteiger partial charge in [0.2, 0.25) is 0 Å². The second kappa shape index (κ2) is 9.83. The number of nitrogens with zero attached hydrogens (tertiary/aromatic N) is 1. The predicted octanol–water partition coefficient (Wildman–Crippen LogP) is 3.87. The highest BCUT2D eigenvalue weighted by Gasteiger charge is 2.47. The molecule has 4 atom stereocenters. The number of aliphatic hydroxyl groups excluding tert-OH is 1. The van der Waals surface area contributed by atoms with Crippen molar-refractivity contribution in [1.82, 2.24) is 10.2 Å². The minimum Gasteiger partial charge on any atom is -0.485 e. The molecular weight excluding hydrogens is 418 g/mol. The van der Waals surface area contributed by atoms with Gasteiger partial charge in [0.25, 0.3) is 0 Å². The lowest BCUT2D eigenvalue weighted by molar-refractivity contribution is 0.00965. The molecule has 0 bridgehead atoms. The van der Waals surface area contributed by atoms with Crippen molar-refractivity contribution in [3.8, 4) is 5.75 Å². The van der Waals surface area contributed by atoms with E-state index in [-0.39, 0.29) is 12.2 Å². The van der Waals surface area contributed by atoms with Crippen molar-refractivity contribution in [1.29, 1.82) is 0 Å². The number of alkyl carbamates (subject to hydrolysis) is 1. The first-order chi connectivity index (χ1) is 15.0. The number of carbonyl (C=O) groups excluding carboxylic acids is 1. The molecule has 2 aromatic carbocycles. The van der Waals surface area contributed by atoms with Crippen LogP contribution in [-0.2, 0) is 11.3 Å². The molecule has 0 unspecified atom stereocenters. The van der Waals surface area contributed by atoms with E-state index in [1.807, 2.05) is 42.3 Å². The highest BCUT2D eigenvalue weighted by atomic mass is 19.1. The fourth-order valence-electron chi connectivity index (χ4n) is 3.99. The normalized spacial score (nSPS) is 23.2. The van der Waals surface area contributed by atoms with E-state index in [2.05, 4.69) is 5.32 Å². The molecule has 0 aliphatic heterocycles. The monoisotopic (exact) mass is 448 g/mol. The Hall–Kier alpha value is -2.71. The number of ether oxygens (including phenoxy) is 2. The summed E-state index contributed by atoms with van der Waals surface area (Å²) in [5, 5.41) is 13.9. The van der Waals surface area contributed by atoms with Crippen molar-refractivity contribution in [2.45, 2.75) is 63.6 Å². The van der Waals surface area contributed by atoms with E-state index in [1.165, 1.54) is 6.07 Å². The van der Waals surface area contributed by atoms with Crippen LogP contribution in [0.15, 0.2) is 48.5 Å². The van der Waals surface area contributed by atoms with Crippen LogP contribution >= 0.6 is 0 Å². The van der Waals surface area contributed by atoms with Crippen LogP contribution in [0.3, 0.4) is 0 Å².